The lowest BCUT2D eigenvalue weighted by Crippen LogP contribution is -2.33. The van der Waals surface area contributed by atoms with Gasteiger partial charge in [-0.15, -0.1) is 11.8 Å². The Morgan fingerprint density at radius 2 is 1.80 bits per heavy atom. The molecule has 130 valence electrons. The van der Waals surface area contributed by atoms with Crippen molar-refractivity contribution < 1.29 is 19.0 Å². The van der Waals surface area contributed by atoms with E-state index in [0.29, 0.717) is 25.6 Å². The Morgan fingerprint density at radius 1 is 1.00 bits per heavy atom. The van der Waals surface area contributed by atoms with Crippen LogP contribution in [0.4, 0.5) is 0 Å². The van der Waals surface area contributed by atoms with Crippen molar-refractivity contribution in [2.45, 2.75) is 17.4 Å². The molecule has 0 unspecified atom stereocenters. The third-order valence-corrected chi connectivity index (χ3v) is 5.17. The number of ether oxygens (including phenoxy) is 3. The quantitative estimate of drug-likeness (QED) is 0.852. The lowest BCUT2D eigenvalue weighted by Gasteiger charge is -2.26. The highest BCUT2D eigenvalue weighted by Crippen LogP contribution is 2.34. The molecule has 1 N–H and O–H groups in total. The van der Waals surface area contributed by atoms with Crippen LogP contribution in [0.3, 0.4) is 0 Å². The Morgan fingerprint density at radius 3 is 2.72 bits per heavy atom. The maximum Gasteiger partial charge on any atom is 0.230 e. The molecule has 25 heavy (non-hydrogen) atoms. The molecular formula is C19H19NO4S. The molecule has 4 rings (SSSR count). The molecule has 0 saturated carbocycles. The van der Waals surface area contributed by atoms with Crippen LogP contribution in [-0.4, -0.2) is 31.5 Å². The number of nitrogens with one attached hydrogen (secondary N) is 1. The van der Waals surface area contributed by atoms with E-state index in [2.05, 4.69) is 5.32 Å². The van der Waals surface area contributed by atoms with Gasteiger partial charge in [-0.05, 0) is 24.3 Å². The number of para-hydroxylation sites is 1. The molecule has 0 aliphatic carbocycles. The molecule has 2 aromatic carbocycles. The highest BCUT2D eigenvalue weighted by Gasteiger charge is 2.22. The number of rotatable bonds is 4. The lowest BCUT2D eigenvalue weighted by atomic mass is 10.0. The van der Waals surface area contributed by atoms with Gasteiger partial charge in [-0.1, -0.05) is 18.2 Å². The average molecular weight is 357 g/mol. The zero-order valence-corrected chi connectivity index (χ0v) is 14.5. The number of amides is 1. The Balaban J connectivity index is 1.36. The molecule has 2 aromatic rings. The number of benzene rings is 2. The molecule has 1 atom stereocenters. The molecule has 0 bridgehead atoms. The molecule has 0 spiro atoms. The summed E-state index contributed by atoms with van der Waals surface area (Å²) in [6.07, 6.45) is 0.789. The van der Waals surface area contributed by atoms with Gasteiger partial charge in [0.25, 0.3) is 0 Å². The molecule has 1 amide bonds. The zero-order valence-electron chi connectivity index (χ0n) is 13.7. The summed E-state index contributed by atoms with van der Waals surface area (Å²) in [5, 5.41) is 3.11. The van der Waals surface area contributed by atoms with Crippen LogP contribution in [-0.2, 0) is 4.79 Å². The van der Waals surface area contributed by atoms with Gasteiger partial charge in [0.05, 0.1) is 18.4 Å². The second-order valence-corrected chi connectivity index (χ2v) is 6.94. The third kappa shape index (κ3) is 3.69. The van der Waals surface area contributed by atoms with E-state index in [0.717, 1.165) is 34.1 Å². The van der Waals surface area contributed by atoms with Gasteiger partial charge in [-0.3, -0.25) is 4.79 Å². The van der Waals surface area contributed by atoms with Crippen LogP contribution >= 0.6 is 11.8 Å². The van der Waals surface area contributed by atoms with E-state index < -0.39 is 0 Å². The van der Waals surface area contributed by atoms with Gasteiger partial charge in [-0.2, -0.15) is 0 Å². The minimum atomic E-state index is 0.0123. The molecule has 2 aliphatic rings. The van der Waals surface area contributed by atoms with E-state index >= 15 is 0 Å². The van der Waals surface area contributed by atoms with Crippen LogP contribution in [0.2, 0.25) is 0 Å². The van der Waals surface area contributed by atoms with Crippen molar-refractivity contribution >= 4 is 17.7 Å². The Hall–Kier alpha value is -2.34. The standard InChI is InChI=1S/C19H19NO4S/c21-19(20-15-7-8-22-16-4-2-1-3-14(15)16)12-25-13-5-6-17-18(11-13)24-10-9-23-17/h1-6,11,15H,7-10,12H2,(H,20,21)/t15-/m1/s1. The number of carbonyl (C=O) groups is 1. The first-order valence-electron chi connectivity index (χ1n) is 8.33. The fourth-order valence-corrected chi connectivity index (χ4v) is 3.73. The van der Waals surface area contributed by atoms with Crippen molar-refractivity contribution in [3.05, 3.63) is 48.0 Å². The van der Waals surface area contributed by atoms with E-state index in [9.17, 15) is 4.79 Å². The minimum Gasteiger partial charge on any atom is -0.493 e. The normalized spacial score (nSPS) is 18.0. The fraction of sp³-hybridized carbons (Fsp3) is 0.316. The summed E-state index contributed by atoms with van der Waals surface area (Å²) < 4.78 is 16.7. The summed E-state index contributed by atoms with van der Waals surface area (Å²) in [4.78, 5) is 13.3. The van der Waals surface area contributed by atoms with Crippen molar-refractivity contribution in [1.29, 1.82) is 0 Å². The van der Waals surface area contributed by atoms with Gasteiger partial charge >= 0.3 is 0 Å². The van der Waals surface area contributed by atoms with Crippen LogP contribution in [0.5, 0.6) is 17.2 Å². The largest absolute Gasteiger partial charge is 0.493 e. The van der Waals surface area contributed by atoms with Crippen molar-refractivity contribution in [2.75, 3.05) is 25.6 Å². The number of fused-ring (bicyclic) bond motifs is 2. The lowest BCUT2D eigenvalue weighted by molar-refractivity contribution is -0.119. The van der Waals surface area contributed by atoms with Crippen LogP contribution in [0, 0.1) is 0 Å². The predicted molar refractivity (Wildman–Crippen MR) is 95.6 cm³/mol. The molecule has 2 heterocycles. The van der Waals surface area contributed by atoms with Crippen LogP contribution in [0.1, 0.15) is 18.0 Å². The summed E-state index contributed by atoms with van der Waals surface area (Å²) in [5.41, 5.74) is 1.05. The van der Waals surface area contributed by atoms with E-state index in [-0.39, 0.29) is 11.9 Å². The summed E-state index contributed by atoms with van der Waals surface area (Å²) in [6, 6.07) is 13.6. The van der Waals surface area contributed by atoms with Gasteiger partial charge in [-0.25, -0.2) is 0 Å². The number of hydrogen-bond donors (Lipinski definition) is 1. The van der Waals surface area contributed by atoms with Gasteiger partial charge in [0.1, 0.15) is 19.0 Å². The number of carbonyl (C=O) groups excluding carboxylic acids is 1. The monoisotopic (exact) mass is 357 g/mol. The Labute approximate surface area is 150 Å². The zero-order chi connectivity index (χ0) is 17.1. The van der Waals surface area contributed by atoms with Crippen molar-refractivity contribution in [3.63, 3.8) is 0 Å². The van der Waals surface area contributed by atoms with Gasteiger partial charge in [0.15, 0.2) is 11.5 Å². The first-order chi connectivity index (χ1) is 12.3. The average Bonchev–Trinajstić information content (AvgIpc) is 2.66. The molecule has 0 saturated heterocycles. The first kappa shape index (κ1) is 16.1. The third-order valence-electron chi connectivity index (χ3n) is 4.18. The van der Waals surface area contributed by atoms with Crippen LogP contribution < -0.4 is 19.5 Å². The maximum atomic E-state index is 12.4. The van der Waals surface area contributed by atoms with Gasteiger partial charge in [0.2, 0.25) is 5.91 Å². The second kappa shape index (κ2) is 7.27. The number of thioether (sulfide) groups is 1. The molecule has 5 nitrogen and oxygen atoms in total. The van der Waals surface area contributed by atoms with Crippen LogP contribution in [0.15, 0.2) is 47.4 Å². The Bertz CT molecular complexity index is 780. The smallest absolute Gasteiger partial charge is 0.230 e. The summed E-state index contributed by atoms with van der Waals surface area (Å²) >= 11 is 1.49. The van der Waals surface area contributed by atoms with Gasteiger partial charge in [0, 0.05) is 16.9 Å². The van der Waals surface area contributed by atoms with Gasteiger partial charge < -0.3 is 19.5 Å². The second-order valence-electron chi connectivity index (χ2n) is 5.89. The SMILES string of the molecule is O=C(CSc1ccc2c(c1)OCCO2)N[C@@H]1CCOc2ccccc21. The van der Waals surface area contributed by atoms with E-state index in [1.807, 2.05) is 42.5 Å². The molecule has 0 fully saturated rings. The number of hydrogen-bond acceptors (Lipinski definition) is 5. The summed E-state index contributed by atoms with van der Waals surface area (Å²) in [7, 11) is 0. The topological polar surface area (TPSA) is 56.8 Å². The fourth-order valence-electron chi connectivity index (χ4n) is 2.99. The predicted octanol–water partition coefficient (Wildman–Crippen LogP) is 3.19. The highest BCUT2D eigenvalue weighted by molar-refractivity contribution is 8.00. The van der Waals surface area contributed by atoms with E-state index in [1.165, 1.54) is 11.8 Å². The van der Waals surface area contributed by atoms with E-state index in [1.54, 1.807) is 0 Å². The van der Waals surface area contributed by atoms with E-state index in [4.69, 9.17) is 14.2 Å². The summed E-state index contributed by atoms with van der Waals surface area (Å²) in [5.74, 6) is 2.74. The highest BCUT2D eigenvalue weighted by atomic mass is 32.2. The molecule has 6 heteroatoms. The van der Waals surface area contributed by atoms with Crippen LogP contribution in [0.25, 0.3) is 0 Å². The van der Waals surface area contributed by atoms with Crippen molar-refractivity contribution in [1.82, 2.24) is 5.32 Å². The molecular weight excluding hydrogens is 338 g/mol. The molecule has 0 radical (unpaired) electrons. The maximum absolute atomic E-state index is 12.4. The molecule has 2 aliphatic heterocycles. The van der Waals surface area contributed by atoms with Crippen molar-refractivity contribution in [3.8, 4) is 17.2 Å². The first-order valence-corrected chi connectivity index (χ1v) is 9.32. The molecule has 0 aromatic heterocycles. The summed E-state index contributed by atoms with van der Waals surface area (Å²) in [6.45, 7) is 1.76. The van der Waals surface area contributed by atoms with Crippen molar-refractivity contribution in [2.24, 2.45) is 0 Å². The Kier molecular flexibility index (Phi) is 4.70. The minimum absolute atomic E-state index is 0.0123.